The van der Waals surface area contributed by atoms with Crippen molar-refractivity contribution >= 4 is 0 Å². The third-order valence-corrected chi connectivity index (χ3v) is 1.78. The molecule has 0 spiro atoms. The van der Waals surface area contributed by atoms with Crippen molar-refractivity contribution in [1.29, 1.82) is 0 Å². The molecule has 0 rings (SSSR count). The Balaban J connectivity index is 0. The van der Waals surface area contributed by atoms with E-state index in [0.717, 1.165) is 13.2 Å². The second-order valence-electron chi connectivity index (χ2n) is 3.34. The molecule has 0 aromatic heterocycles. The van der Waals surface area contributed by atoms with Crippen LogP contribution >= 0.6 is 0 Å². The summed E-state index contributed by atoms with van der Waals surface area (Å²) in [4.78, 5) is 0. The number of aliphatic hydroxyl groups excluding tert-OH is 1. The van der Waals surface area contributed by atoms with Crippen molar-refractivity contribution in [3.8, 4) is 0 Å². The molecule has 0 aliphatic rings. The molecule has 0 saturated heterocycles. The molecule has 0 heterocycles. The zero-order valence-electron chi connectivity index (χ0n) is 10.2. The highest BCUT2D eigenvalue weighted by Crippen LogP contribution is 1.97. The van der Waals surface area contributed by atoms with Crippen molar-refractivity contribution in [1.82, 2.24) is 0 Å². The Bertz CT molecular complexity index is 66.7. The maximum Gasteiger partial charge on any atom is 0.0466 e. The van der Waals surface area contributed by atoms with Gasteiger partial charge in [-0.1, -0.05) is 39.5 Å². The van der Waals surface area contributed by atoms with E-state index in [4.69, 9.17) is 9.84 Å². The summed E-state index contributed by atoms with van der Waals surface area (Å²) in [5, 5.41) is 7.57. The van der Waals surface area contributed by atoms with Gasteiger partial charge in [0.2, 0.25) is 0 Å². The van der Waals surface area contributed by atoms with Crippen LogP contribution in [0.15, 0.2) is 0 Å². The minimum atomic E-state index is 0.250. The smallest absolute Gasteiger partial charge is 0.0466 e. The Kier molecular flexibility index (Phi) is 21.8. The van der Waals surface area contributed by atoms with Crippen LogP contribution in [0.3, 0.4) is 0 Å². The van der Waals surface area contributed by atoms with E-state index in [1.165, 1.54) is 38.5 Å². The van der Waals surface area contributed by atoms with Crippen LogP contribution in [-0.2, 0) is 4.74 Å². The van der Waals surface area contributed by atoms with Gasteiger partial charge in [0.1, 0.15) is 0 Å². The van der Waals surface area contributed by atoms with E-state index in [0.29, 0.717) is 0 Å². The number of ether oxygens (including phenoxy) is 1. The lowest BCUT2D eigenvalue weighted by atomic mass is 10.2. The molecule has 0 radical (unpaired) electrons. The number of aliphatic hydroxyl groups is 1. The predicted molar refractivity (Wildman–Crippen MR) is 62.6 cm³/mol. The van der Waals surface area contributed by atoms with Crippen molar-refractivity contribution in [2.24, 2.45) is 0 Å². The first-order valence-electron chi connectivity index (χ1n) is 6.01. The zero-order valence-corrected chi connectivity index (χ0v) is 10.2. The molecule has 14 heavy (non-hydrogen) atoms. The van der Waals surface area contributed by atoms with E-state index in [1.54, 1.807) is 6.92 Å². The lowest BCUT2D eigenvalue weighted by Gasteiger charge is -2.01. The topological polar surface area (TPSA) is 29.5 Å². The van der Waals surface area contributed by atoms with Crippen LogP contribution in [0.4, 0.5) is 0 Å². The van der Waals surface area contributed by atoms with Crippen LogP contribution in [0.25, 0.3) is 0 Å². The summed E-state index contributed by atoms with van der Waals surface area (Å²) in [6, 6.07) is 0. The van der Waals surface area contributed by atoms with E-state index in [-0.39, 0.29) is 6.61 Å². The molecule has 2 heteroatoms. The van der Waals surface area contributed by atoms with Crippen LogP contribution in [-0.4, -0.2) is 24.9 Å². The van der Waals surface area contributed by atoms with Crippen LogP contribution in [0.2, 0.25) is 0 Å². The molecule has 0 bridgehead atoms. The van der Waals surface area contributed by atoms with E-state index in [1.807, 2.05) is 0 Å². The van der Waals surface area contributed by atoms with Crippen molar-refractivity contribution in [2.75, 3.05) is 19.8 Å². The fraction of sp³-hybridized carbons (Fsp3) is 1.00. The van der Waals surface area contributed by atoms with Gasteiger partial charge >= 0.3 is 0 Å². The second-order valence-corrected chi connectivity index (χ2v) is 3.34. The Morgan fingerprint density at radius 2 is 1.14 bits per heavy atom. The van der Waals surface area contributed by atoms with Crippen LogP contribution in [0, 0.1) is 0 Å². The molecular weight excluding hydrogens is 176 g/mol. The largest absolute Gasteiger partial charge is 0.397 e. The Hall–Kier alpha value is -0.0800. The average molecular weight is 204 g/mol. The van der Waals surface area contributed by atoms with Gasteiger partial charge in [-0.2, -0.15) is 0 Å². The molecule has 1 N–H and O–H groups in total. The van der Waals surface area contributed by atoms with Crippen molar-refractivity contribution in [3.63, 3.8) is 0 Å². The fourth-order valence-corrected chi connectivity index (χ4v) is 1.01. The number of unbranched alkanes of at least 4 members (excludes halogenated alkanes) is 4. The first kappa shape index (κ1) is 16.4. The molecule has 0 aliphatic carbocycles. The molecular formula is C12H28O2. The first-order valence-corrected chi connectivity index (χ1v) is 6.01. The molecule has 0 aromatic carbocycles. The second kappa shape index (κ2) is 18.7. The van der Waals surface area contributed by atoms with E-state index >= 15 is 0 Å². The van der Waals surface area contributed by atoms with Crippen molar-refractivity contribution < 1.29 is 9.84 Å². The maximum atomic E-state index is 7.57. The lowest BCUT2D eigenvalue weighted by Crippen LogP contribution is -1.96. The van der Waals surface area contributed by atoms with E-state index < -0.39 is 0 Å². The van der Waals surface area contributed by atoms with Gasteiger partial charge < -0.3 is 9.84 Å². The summed E-state index contributed by atoms with van der Waals surface area (Å²) in [7, 11) is 0. The molecule has 0 atom stereocenters. The predicted octanol–water partition coefficient (Wildman–Crippen LogP) is 3.38. The molecule has 0 aliphatic heterocycles. The highest BCUT2D eigenvalue weighted by Gasteiger charge is 1.88. The van der Waals surface area contributed by atoms with Gasteiger partial charge in [-0.05, 0) is 19.8 Å². The van der Waals surface area contributed by atoms with E-state index in [2.05, 4.69) is 13.8 Å². The highest BCUT2D eigenvalue weighted by molar-refractivity contribution is 4.38. The summed E-state index contributed by atoms with van der Waals surface area (Å²) in [6.45, 7) is 8.31. The SMILES string of the molecule is CCCCCOCCCCC.CCO. The van der Waals surface area contributed by atoms with E-state index in [9.17, 15) is 0 Å². The van der Waals surface area contributed by atoms with Crippen LogP contribution < -0.4 is 0 Å². The standard InChI is InChI=1S/C10H22O.C2H6O/c1-3-5-7-9-11-10-8-6-4-2;1-2-3/h3-10H2,1-2H3;3H,2H2,1H3. The number of hydrogen-bond acceptors (Lipinski definition) is 2. The molecule has 0 amide bonds. The molecule has 0 fully saturated rings. The monoisotopic (exact) mass is 204 g/mol. The van der Waals surface area contributed by atoms with Gasteiger partial charge in [0, 0.05) is 19.8 Å². The molecule has 0 saturated carbocycles. The minimum absolute atomic E-state index is 0.250. The third-order valence-electron chi connectivity index (χ3n) is 1.78. The minimum Gasteiger partial charge on any atom is -0.397 e. The quantitative estimate of drug-likeness (QED) is 0.614. The van der Waals surface area contributed by atoms with Crippen LogP contribution in [0.5, 0.6) is 0 Å². The lowest BCUT2D eigenvalue weighted by molar-refractivity contribution is 0.126. The molecule has 0 unspecified atom stereocenters. The average Bonchev–Trinajstić information content (AvgIpc) is 2.18. The van der Waals surface area contributed by atoms with Crippen molar-refractivity contribution in [3.05, 3.63) is 0 Å². The third kappa shape index (κ3) is 22.7. The van der Waals surface area contributed by atoms with Gasteiger partial charge in [-0.15, -0.1) is 0 Å². The summed E-state index contributed by atoms with van der Waals surface area (Å²) < 4.78 is 5.44. The zero-order chi connectivity index (χ0) is 11.1. The maximum absolute atomic E-state index is 7.57. The Morgan fingerprint density at radius 3 is 1.43 bits per heavy atom. The fourth-order valence-electron chi connectivity index (χ4n) is 1.01. The molecule has 88 valence electrons. The number of hydrogen-bond donors (Lipinski definition) is 1. The normalized spacial score (nSPS) is 9.43. The molecule has 0 aromatic rings. The van der Waals surface area contributed by atoms with Gasteiger partial charge in [0.15, 0.2) is 0 Å². The van der Waals surface area contributed by atoms with Gasteiger partial charge in [0.25, 0.3) is 0 Å². The summed E-state index contributed by atoms with van der Waals surface area (Å²) in [5.74, 6) is 0. The summed E-state index contributed by atoms with van der Waals surface area (Å²) >= 11 is 0. The van der Waals surface area contributed by atoms with Gasteiger partial charge in [-0.25, -0.2) is 0 Å². The highest BCUT2D eigenvalue weighted by atomic mass is 16.5. The first-order chi connectivity index (χ1) is 6.83. The summed E-state index contributed by atoms with van der Waals surface area (Å²) in [6.07, 6.45) is 7.68. The Labute approximate surface area is 89.7 Å². The van der Waals surface area contributed by atoms with Crippen LogP contribution in [0.1, 0.15) is 59.3 Å². The summed E-state index contributed by atoms with van der Waals surface area (Å²) in [5.41, 5.74) is 0. The number of rotatable bonds is 8. The Morgan fingerprint density at radius 1 is 0.786 bits per heavy atom. The van der Waals surface area contributed by atoms with Gasteiger partial charge in [0.05, 0.1) is 0 Å². The van der Waals surface area contributed by atoms with Gasteiger partial charge in [-0.3, -0.25) is 0 Å². The van der Waals surface area contributed by atoms with Crippen molar-refractivity contribution in [2.45, 2.75) is 59.3 Å². The molecule has 2 nitrogen and oxygen atoms in total.